The number of nitrogens with zero attached hydrogens (tertiary/aromatic N) is 3. The molecule has 0 aliphatic carbocycles. The van der Waals surface area contributed by atoms with Crippen molar-refractivity contribution in [2.75, 3.05) is 28.2 Å². The molecule has 1 aromatic heterocycles. The molecule has 1 amide bonds. The predicted molar refractivity (Wildman–Crippen MR) is 65.1 cm³/mol. The summed E-state index contributed by atoms with van der Waals surface area (Å²) >= 11 is 3.37. The van der Waals surface area contributed by atoms with E-state index in [1.165, 1.54) is 6.33 Å². The molecule has 2 heterocycles. The third kappa shape index (κ3) is 1.82. The van der Waals surface area contributed by atoms with E-state index in [-0.39, 0.29) is 17.4 Å². The molecule has 6 nitrogen and oxygen atoms in total. The summed E-state index contributed by atoms with van der Waals surface area (Å²) in [7, 11) is 0. The van der Waals surface area contributed by atoms with Crippen LogP contribution in [0.15, 0.2) is 6.33 Å². The number of amides is 1. The third-order valence-electron chi connectivity index (χ3n) is 2.57. The second kappa shape index (κ2) is 4.25. The van der Waals surface area contributed by atoms with Crippen LogP contribution in [0.3, 0.4) is 0 Å². The molecule has 1 aliphatic rings. The number of halogens is 1. The SMILES string of the molecule is Nc1ncnc(N2CC(CBr)CC2=O)c1N. The summed E-state index contributed by atoms with van der Waals surface area (Å²) in [4.78, 5) is 21.1. The van der Waals surface area contributed by atoms with Gasteiger partial charge in [0.05, 0.1) is 0 Å². The molecule has 1 fully saturated rings. The first-order valence-electron chi connectivity index (χ1n) is 4.85. The third-order valence-corrected chi connectivity index (χ3v) is 3.49. The van der Waals surface area contributed by atoms with Gasteiger partial charge in [0.2, 0.25) is 5.91 Å². The number of hydrogen-bond donors (Lipinski definition) is 2. The predicted octanol–water partition coefficient (Wildman–Crippen LogP) is 0.389. The van der Waals surface area contributed by atoms with Crippen LogP contribution in [0.4, 0.5) is 17.3 Å². The fourth-order valence-electron chi connectivity index (χ4n) is 1.70. The number of aromatic nitrogens is 2. The number of rotatable bonds is 2. The van der Waals surface area contributed by atoms with E-state index in [1.807, 2.05) is 0 Å². The Morgan fingerprint density at radius 3 is 2.88 bits per heavy atom. The summed E-state index contributed by atoms with van der Waals surface area (Å²) in [5.74, 6) is 0.943. The Kier molecular flexibility index (Phi) is 2.95. The highest BCUT2D eigenvalue weighted by Gasteiger charge is 2.32. The van der Waals surface area contributed by atoms with E-state index in [1.54, 1.807) is 4.90 Å². The molecule has 1 unspecified atom stereocenters. The normalized spacial score (nSPS) is 20.4. The maximum Gasteiger partial charge on any atom is 0.228 e. The van der Waals surface area contributed by atoms with Crippen LogP contribution in [-0.4, -0.2) is 27.7 Å². The number of carbonyl (C=O) groups is 1. The molecule has 0 saturated carbocycles. The molecular weight excluding hydrogens is 274 g/mol. The van der Waals surface area contributed by atoms with Gasteiger partial charge in [0.25, 0.3) is 0 Å². The van der Waals surface area contributed by atoms with Crippen LogP contribution >= 0.6 is 15.9 Å². The van der Waals surface area contributed by atoms with Gasteiger partial charge < -0.3 is 11.5 Å². The van der Waals surface area contributed by atoms with Crippen molar-refractivity contribution in [2.24, 2.45) is 5.92 Å². The van der Waals surface area contributed by atoms with Crippen molar-refractivity contribution in [3.63, 3.8) is 0 Å². The molecule has 1 atom stereocenters. The average Bonchev–Trinajstić information content (AvgIpc) is 2.64. The van der Waals surface area contributed by atoms with Gasteiger partial charge in [-0.3, -0.25) is 9.69 Å². The molecule has 1 aromatic rings. The topological polar surface area (TPSA) is 98.1 Å². The van der Waals surface area contributed by atoms with Gasteiger partial charge >= 0.3 is 0 Å². The van der Waals surface area contributed by atoms with Gasteiger partial charge in [0, 0.05) is 18.3 Å². The Morgan fingerprint density at radius 2 is 2.25 bits per heavy atom. The molecule has 0 aromatic carbocycles. The van der Waals surface area contributed by atoms with Gasteiger partial charge in [-0.25, -0.2) is 9.97 Å². The quantitative estimate of drug-likeness (QED) is 0.766. The lowest BCUT2D eigenvalue weighted by Gasteiger charge is -2.17. The monoisotopic (exact) mass is 285 g/mol. The van der Waals surface area contributed by atoms with Gasteiger partial charge in [-0.05, 0) is 5.92 Å². The highest BCUT2D eigenvalue weighted by Crippen LogP contribution is 2.30. The zero-order chi connectivity index (χ0) is 11.7. The number of hydrogen-bond acceptors (Lipinski definition) is 5. The summed E-state index contributed by atoms with van der Waals surface area (Å²) in [6.07, 6.45) is 1.82. The van der Waals surface area contributed by atoms with Crippen LogP contribution in [0.25, 0.3) is 0 Å². The van der Waals surface area contributed by atoms with Gasteiger partial charge in [-0.2, -0.15) is 0 Å². The number of anilines is 3. The Hall–Kier alpha value is -1.37. The fourth-order valence-corrected chi connectivity index (χ4v) is 2.14. The Morgan fingerprint density at radius 1 is 1.50 bits per heavy atom. The van der Waals surface area contributed by atoms with Crippen LogP contribution in [0.5, 0.6) is 0 Å². The Bertz CT molecular complexity index is 424. The zero-order valence-corrected chi connectivity index (χ0v) is 10.1. The van der Waals surface area contributed by atoms with Crippen LogP contribution in [0.1, 0.15) is 6.42 Å². The first-order chi connectivity index (χ1) is 7.63. The smallest absolute Gasteiger partial charge is 0.228 e. The van der Waals surface area contributed by atoms with Gasteiger partial charge in [0.1, 0.15) is 12.0 Å². The summed E-state index contributed by atoms with van der Waals surface area (Å²) in [5.41, 5.74) is 11.6. The minimum absolute atomic E-state index is 0.0225. The van der Waals surface area contributed by atoms with Crippen molar-refractivity contribution < 1.29 is 4.79 Å². The fraction of sp³-hybridized carbons (Fsp3) is 0.444. The first-order valence-corrected chi connectivity index (χ1v) is 5.98. The van der Waals surface area contributed by atoms with E-state index in [4.69, 9.17) is 11.5 Å². The summed E-state index contributed by atoms with van der Waals surface area (Å²) in [6.45, 7) is 0.616. The molecule has 86 valence electrons. The van der Waals surface area contributed by atoms with Gasteiger partial charge in [0.15, 0.2) is 11.6 Å². The van der Waals surface area contributed by atoms with Crippen molar-refractivity contribution >= 4 is 39.2 Å². The van der Waals surface area contributed by atoms with E-state index >= 15 is 0 Å². The molecule has 0 spiro atoms. The lowest BCUT2D eigenvalue weighted by molar-refractivity contribution is -0.117. The molecule has 0 radical (unpaired) electrons. The standard InChI is InChI=1S/C9H12BrN5O/c10-2-5-1-6(16)15(3-5)9-7(11)8(12)13-4-14-9/h4-5H,1-3,11H2,(H2,12,13,14). The maximum absolute atomic E-state index is 11.8. The Labute approximate surface area is 101 Å². The van der Waals surface area contributed by atoms with Crippen molar-refractivity contribution in [3.05, 3.63) is 6.33 Å². The minimum atomic E-state index is 0.0225. The lowest BCUT2D eigenvalue weighted by Crippen LogP contribution is -2.27. The molecule has 7 heteroatoms. The second-order valence-corrected chi connectivity index (χ2v) is 4.37. The zero-order valence-electron chi connectivity index (χ0n) is 8.56. The van der Waals surface area contributed by atoms with E-state index in [9.17, 15) is 4.79 Å². The number of carbonyl (C=O) groups excluding carboxylic acids is 1. The summed E-state index contributed by atoms with van der Waals surface area (Å²) in [6, 6.07) is 0. The molecule has 0 bridgehead atoms. The van der Waals surface area contributed by atoms with E-state index in [0.717, 1.165) is 5.33 Å². The van der Waals surface area contributed by atoms with Crippen LogP contribution < -0.4 is 16.4 Å². The molecule has 4 N–H and O–H groups in total. The lowest BCUT2D eigenvalue weighted by atomic mass is 10.2. The molecule has 1 saturated heterocycles. The van der Waals surface area contributed by atoms with E-state index < -0.39 is 0 Å². The highest BCUT2D eigenvalue weighted by molar-refractivity contribution is 9.09. The minimum Gasteiger partial charge on any atom is -0.393 e. The van der Waals surface area contributed by atoms with Crippen LogP contribution in [0, 0.1) is 5.92 Å². The first kappa shape index (κ1) is 11.1. The van der Waals surface area contributed by atoms with E-state index in [2.05, 4.69) is 25.9 Å². The van der Waals surface area contributed by atoms with Crippen molar-refractivity contribution in [2.45, 2.75) is 6.42 Å². The van der Waals surface area contributed by atoms with E-state index in [0.29, 0.717) is 24.7 Å². The molecule has 16 heavy (non-hydrogen) atoms. The molecular formula is C9H12BrN5O. The highest BCUT2D eigenvalue weighted by atomic mass is 79.9. The number of nitrogen functional groups attached to an aromatic ring is 2. The number of nitrogens with two attached hydrogens (primary N) is 2. The Balaban J connectivity index is 2.31. The second-order valence-electron chi connectivity index (χ2n) is 3.72. The van der Waals surface area contributed by atoms with Crippen molar-refractivity contribution in [3.8, 4) is 0 Å². The molecule has 1 aliphatic heterocycles. The van der Waals surface area contributed by atoms with Gasteiger partial charge in [-0.1, -0.05) is 15.9 Å². The summed E-state index contributed by atoms with van der Waals surface area (Å²) < 4.78 is 0. The maximum atomic E-state index is 11.8. The van der Waals surface area contributed by atoms with Crippen molar-refractivity contribution in [1.82, 2.24) is 9.97 Å². The largest absolute Gasteiger partial charge is 0.393 e. The summed E-state index contributed by atoms with van der Waals surface area (Å²) in [5, 5.41) is 0.787. The molecule has 2 rings (SSSR count). The van der Waals surface area contributed by atoms with Crippen LogP contribution in [-0.2, 0) is 4.79 Å². The number of alkyl halides is 1. The van der Waals surface area contributed by atoms with Crippen molar-refractivity contribution in [1.29, 1.82) is 0 Å². The average molecular weight is 286 g/mol. The van der Waals surface area contributed by atoms with Gasteiger partial charge in [-0.15, -0.1) is 0 Å². The van der Waals surface area contributed by atoms with Crippen LogP contribution in [0.2, 0.25) is 0 Å².